The molecule has 7 atom stereocenters. The summed E-state index contributed by atoms with van der Waals surface area (Å²) in [5.74, 6) is 2.67. The molecular formula is C19H30O5S. The molecule has 4 rings (SSSR count). The fourth-order valence-corrected chi connectivity index (χ4v) is 7.91. The van der Waals surface area contributed by atoms with Crippen LogP contribution in [0.4, 0.5) is 0 Å². The van der Waals surface area contributed by atoms with E-state index in [4.69, 9.17) is 8.74 Å². The van der Waals surface area contributed by atoms with E-state index in [0.29, 0.717) is 35.9 Å². The Labute approximate surface area is 150 Å². The number of hydrogen-bond acceptors (Lipinski definition) is 4. The SMILES string of the molecule is C[C@]12CCC(=O)C[C@@H]1CC[C@@H]1[C@@H]2CC[C@]2(C)C(OS(=O)(=O)O)CC[C@@H]12. The van der Waals surface area contributed by atoms with Crippen LogP contribution < -0.4 is 0 Å². The van der Waals surface area contributed by atoms with Gasteiger partial charge in [-0.3, -0.25) is 9.35 Å². The van der Waals surface area contributed by atoms with Gasteiger partial charge in [0.25, 0.3) is 0 Å². The van der Waals surface area contributed by atoms with E-state index < -0.39 is 16.5 Å². The first-order valence-corrected chi connectivity index (χ1v) is 11.2. The van der Waals surface area contributed by atoms with E-state index in [1.54, 1.807) is 0 Å². The number of ketones is 1. The van der Waals surface area contributed by atoms with Crippen molar-refractivity contribution in [2.45, 2.75) is 77.7 Å². The minimum Gasteiger partial charge on any atom is -0.300 e. The number of hydrogen-bond donors (Lipinski definition) is 1. The summed E-state index contributed by atoms with van der Waals surface area (Å²) in [5.41, 5.74) is 0.102. The predicted octanol–water partition coefficient (Wildman–Crippen LogP) is 3.79. The smallest absolute Gasteiger partial charge is 0.300 e. The highest BCUT2D eigenvalue weighted by atomic mass is 32.3. The van der Waals surface area contributed by atoms with Gasteiger partial charge >= 0.3 is 10.4 Å². The molecule has 0 amide bonds. The average molecular weight is 371 g/mol. The summed E-state index contributed by atoms with van der Waals surface area (Å²) in [7, 11) is -4.40. The van der Waals surface area contributed by atoms with Gasteiger partial charge in [0, 0.05) is 12.8 Å². The Bertz CT molecular complexity index is 673. The molecule has 0 spiro atoms. The molecule has 0 aromatic rings. The second kappa shape index (κ2) is 5.77. The summed E-state index contributed by atoms with van der Waals surface area (Å²) in [6, 6.07) is 0. The predicted molar refractivity (Wildman–Crippen MR) is 93.2 cm³/mol. The Morgan fingerprint density at radius 1 is 1.00 bits per heavy atom. The minimum absolute atomic E-state index is 0.162. The lowest BCUT2D eigenvalue weighted by Crippen LogP contribution is -2.54. The maximum Gasteiger partial charge on any atom is 0.397 e. The maximum absolute atomic E-state index is 11.9. The van der Waals surface area contributed by atoms with Crippen LogP contribution in [0, 0.1) is 34.5 Å². The van der Waals surface area contributed by atoms with Crippen LogP contribution >= 0.6 is 0 Å². The molecule has 4 aliphatic rings. The fraction of sp³-hybridized carbons (Fsp3) is 0.947. The third-order valence-electron chi connectivity index (χ3n) is 8.63. The van der Waals surface area contributed by atoms with E-state index in [1.165, 1.54) is 0 Å². The van der Waals surface area contributed by atoms with Gasteiger partial charge in [0.2, 0.25) is 0 Å². The number of Topliss-reactive ketones (excluding diaryl/α,β-unsaturated/α-hetero) is 1. The molecule has 4 fully saturated rings. The topological polar surface area (TPSA) is 80.7 Å². The van der Waals surface area contributed by atoms with E-state index in [9.17, 15) is 13.2 Å². The molecule has 142 valence electrons. The molecule has 1 N–H and O–H groups in total. The summed E-state index contributed by atoms with van der Waals surface area (Å²) in [5, 5.41) is 0. The van der Waals surface area contributed by atoms with Crippen LogP contribution in [0.3, 0.4) is 0 Å². The van der Waals surface area contributed by atoms with Crippen molar-refractivity contribution in [1.29, 1.82) is 0 Å². The average Bonchev–Trinajstić information content (AvgIpc) is 2.83. The van der Waals surface area contributed by atoms with Crippen molar-refractivity contribution >= 4 is 16.2 Å². The van der Waals surface area contributed by atoms with Crippen LogP contribution in [-0.4, -0.2) is 24.9 Å². The molecule has 0 heterocycles. The molecule has 5 nitrogen and oxygen atoms in total. The van der Waals surface area contributed by atoms with E-state index in [0.717, 1.165) is 51.4 Å². The summed E-state index contributed by atoms with van der Waals surface area (Å²) in [6.07, 6.45) is 8.12. The van der Waals surface area contributed by atoms with Crippen LogP contribution in [0.15, 0.2) is 0 Å². The Morgan fingerprint density at radius 3 is 2.44 bits per heavy atom. The number of carbonyl (C=O) groups is 1. The second-order valence-corrected chi connectivity index (χ2v) is 10.6. The lowest BCUT2D eigenvalue weighted by atomic mass is 9.45. The van der Waals surface area contributed by atoms with Gasteiger partial charge in [-0.25, -0.2) is 4.18 Å². The summed E-state index contributed by atoms with van der Waals surface area (Å²) < 4.78 is 36.7. The van der Waals surface area contributed by atoms with Crippen LogP contribution in [0.1, 0.15) is 71.6 Å². The second-order valence-electron chi connectivity index (χ2n) is 9.53. The molecule has 0 aliphatic heterocycles. The first kappa shape index (κ1) is 17.9. The molecule has 0 aromatic heterocycles. The highest BCUT2D eigenvalue weighted by molar-refractivity contribution is 7.80. The van der Waals surface area contributed by atoms with Gasteiger partial charge < -0.3 is 0 Å². The Balaban J connectivity index is 1.59. The first-order valence-electron chi connectivity index (χ1n) is 9.81. The van der Waals surface area contributed by atoms with Gasteiger partial charge in [0.15, 0.2) is 0 Å². The van der Waals surface area contributed by atoms with E-state index in [2.05, 4.69) is 13.8 Å². The van der Waals surface area contributed by atoms with Gasteiger partial charge in [-0.15, -0.1) is 0 Å². The van der Waals surface area contributed by atoms with Gasteiger partial charge in [-0.05, 0) is 79.4 Å². The van der Waals surface area contributed by atoms with Crippen molar-refractivity contribution in [2.75, 3.05) is 0 Å². The summed E-state index contributed by atoms with van der Waals surface area (Å²) in [4.78, 5) is 11.9. The van der Waals surface area contributed by atoms with Gasteiger partial charge in [-0.1, -0.05) is 13.8 Å². The van der Waals surface area contributed by atoms with Crippen molar-refractivity contribution < 1.29 is 21.9 Å². The van der Waals surface area contributed by atoms with Crippen LogP contribution in [-0.2, 0) is 19.4 Å². The zero-order chi connectivity index (χ0) is 18.0. The zero-order valence-electron chi connectivity index (χ0n) is 15.2. The number of carbonyl (C=O) groups excluding carboxylic acids is 1. The maximum atomic E-state index is 11.9. The van der Waals surface area contributed by atoms with Crippen LogP contribution in [0.25, 0.3) is 0 Å². The molecule has 0 saturated heterocycles. The summed E-state index contributed by atoms with van der Waals surface area (Å²) >= 11 is 0. The van der Waals surface area contributed by atoms with Crippen molar-refractivity contribution in [3.8, 4) is 0 Å². The monoisotopic (exact) mass is 370 g/mol. The van der Waals surface area contributed by atoms with Gasteiger partial charge in [0.1, 0.15) is 5.78 Å². The minimum atomic E-state index is -4.40. The standard InChI is InChI=1S/C19H30O5S/c1-18-9-7-13(20)11-12(18)3-4-14-15-5-6-17(24-25(21,22)23)19(15,2)10-8-16(14)18/h12,14-17H,3-11H2,1-2H3,(H,21,22,23)/t12-,14-,15-,16-,17?,18-,19-/m0/s1. The highest BCUT2D eigenvalue weighted by Gasteiger charge is 2.61. The molecule has 1 unspecified atom stereocenters. The number of fused-ring (bicyclic) bond motifs is 5. The third kappa shape index (κ3) is 2.79. The molecule has 25 heavy (non-hydrogen) atoms. The lowest BCUT2D eigenvalue weighted by Gasteiger charge is -2.60. The van der Waals surface area contributed by atoms with Crippen LogP contribution in [0.5, 0.6) is 0 Å². The largest absolute Gasteiger partial charge is 0.397 e. The molecule has 4 saturated carbocycles. The lowest BCUT2D eigenvalue weighted by molar-refractivity contribution is -0.141. The van der Waals surface area contributed by atoms with Gasteiger partial charge in [0.05, 0.1) is 6.10 Å². The molecule has 0 radical (unpaired) electrons. The van der Waals surface area contributed by atoms with E-state index >= 15 is 0 Å². The van der Waals surface area contributed by atoms with E-state index in [1.807, 2.05) is 0 Å². The van der Waals surface area contributed by atoms with Crippen molar-refractivity contribution in [3.05, 3.63) is 0 Å². The normalized spacial score (nSPS) is 50.0. The Kier molecular flexibility index (Phi) is 4.14. The molecule has 6 heteroatoms. The molecule has 0 aromatic carbocycles. The molecule has 4 aliphatic carbocycles. The first-order chi connectivity index (χ1) is 11.6. The Morgan fingerprint density at radius 2 is 1.72 bits per heavy atom. The quantitative estimate of drug-likeness (QED) is 0.748. The van der Waals surface area contributed by atoms with Crippen molar-refractivity contribution in [1.82, 2.24) is 0 Å². The molecular weight excluding hydrogens is 340 g/mol. The molecule has 0 bridgehead atoms. The van der Waals surface area contributed by atoms with Crippen molar-refractivity contribution in [2.24, 2.45) is 34.5 Å². The third-order valence-corrected chi connectivity index (χ3v) is 9.11. The van der Waals surface area contributed by atoms with E-state index in [-0.39, 0.29) is 10.8 Å². The van der Waals surface area contributed by atoms with Crippen molar-refractivity contribution in [3.63, 3.8) is 0 Å². The van der Waals surface area contributed by atoms with Crippen LogP contribution in [0.2, 0.25) is 0 Å². The number of rotatable bonds is 2. The zero-order valence-corrected chi connectivity index (χ0v) is 16.1. The van der Waals surface area contributed by atoms with Gasteiger partial charge in [-0.2, -0.15) is 8.42 Å². The fourth-order valence-electron chi connectivity index (χ4n) is 7.30. The Hall–Kier alpha value is -0.460. The summed E-state index contributed by atoms with van der Waals surface area (Å²) in [6.45, 7) is 4.57. The highest BCUT2D eigenvalue weighted by Crippen LogP contribution is 2.66.